The van der Waals surface area contributed by atoms with E-state index in [1.807, 2.05) is 0 Å². The van der Waals surface area contributed by atoms with Gasteiger partial charge in [0.05, 0.1) is 28.2 Å². The van der Waals surface area contributed by atoms with E-state index in [1.165, 1.54) is 0 Å². The third kappa shape index (κ3) is 38.3. The van der Waals surface area contributed by atoms with E-state index < -0.39 is 11.9 Å². The van der Waals surface area contributed by atoms with Gasteiger partial charge in [0, 0.05) is 12.4 Å². The molecule has 0 saturated carbocycles. The molecule has 1 N–H and O–H groups in total. The second kappa shape index (κ2) is 12.0. The number of rotatable bonds is 9. The van der Waals surface area contributed by atoms with Crippen LogP contribution >= 0.6 is 0 Å². The Bertz CT molecular complexity index is 220. The van der Waals surface area contributed by atoms with Crippen molar-refractivity contribution in [3.05, 3.63) is 0 Å². The van der Waals surface area contributed by atoms with Crippen LogP contribution in [0.15, 0.2) is 0 Å². The minimum absolute atomic E-state index is 0.134. The number of hydrogen-bond donors (Lipinski definition) is 1. The van der Waals surface area contributed by atoms with Crippen LogP contribution in [0.2, 0.25) is 0 Å². The Morgan fingerprint density at radius 2 is 1.16 bits per heavy atom. The maximum absolute atomic E-state index is 10.1. The zero-order chi connectivity index (χ0) is 15.3. The fourth-order valence-electron chi connectivity index (χ4n) is 1.25. The molecule has 114 valence electrons. The molecule has 0 aliphatic heterocycles. The SMILES string of the molecule is C[N+](C)(C)C.O=C([O-])CCCCCCCCC(=O)O. The highest BCUT2D eigenvalue weighted by Gasteiger charge is 1.96. The quantitative estimate of drug-likeness (QED) is 0.507. The van der Waals surface area contributed by atoms with E-state index in [4.69, 9.17) is 5.11 Å². The van der Waals surface area contributed by atoms with Crippen LogP contribution in [0.1, 0.15) is 51.4 Å². The molecule has 0 aliphatic rings. The summed E-state index contributed by atoms with van der Waals surface area (Å²) in [7, 11) is 8.50. The Kier molecular flexibility index (Phi) is 12.7. The van der Waals surface area contributed by atoms with Gasteiger partial charge in [0.1, 0.15) is 0 Å². The van der Waals surface area contributed by atoms with Gasteiger partial charge in [-0.2, -0.15) is 0 Å². The first-order valence-electron chi connectivity index (χ1n) is 6.83. The molecule has 0 atom stereocenters. The Morgan fingerprint density at radius 1 is 0.842 bits per heavy atom. The topological polar surface area (TPSA) is 77.4 Å². The number of carboxylic acids is 2. The Hall–Kier alpha value is -1.10. The minimum Gasteiger partial charge on any atom is -0.550 e. The number of aliphatic carboxylic acids is 2. The largest absolute Gasteiger partial charge is 0.550 e. The maximum atomic E-state index is 10.1. The molecule has 0 aromatic rings. The van der Waals surface area contributed by atoms with E-state index in [1.54, 1.807) is 0 Å². The predicted octanol–water partition coefficient (Wildman–Crippen LogP) is 1.26. The van der Waals surface area contributed by atoms with Crippen LogP contribution in [-0.2, 0) is 9.59 Å². The molecule has 0 unspecified atom stereocenters. The van der Waals surface area contributed by atoms with Gasteiger partial charge < -0.3 is 19.5 Å². The van der Waals surface area contributed by atoms with Gasteiger partial charge in [-0.15, -0.1) is 0 Å². The number of nitrogens with zero attached hydrogens (tertiary/aromatic N) is 1. The van der Waals surface area contributed by atoms with Gasteiger partial charge in [-0.1, -0.05) is 25.7 Å². The van der Waals surface area contributed by atoms with Gasteiger partial charge in [0.15, 0.2) is 0 Å². The van der Waals surface area contributed by atoms with Crippen molar-refractivity contribution < 1.29 is 24.3 Å². The van der Waals surface area contributed by atoms with Crippen molar-refractivity contribution in [3.63, 3.8) is 0 Å². The summed E-state index contributed by atoms with van der Waals surface area (Å²) in [5.41, 5.74) is 0. The average Bonchev–Trinajstić information content (AvgIpc) is 2.18. The van der Waals surface area contributed by atoms with E-state index in [2.05, 4.69) is 28.2 Å². The second-order valence-corrected chi connectivity index (χ2v) is 6.07. The zero-order valence-electron chi connectivity index (χ0n) is 12.8. The maximum Gasteiger partial charge on any atom is 0.303 e. The number of carboxylic acid groups (broad SMARTS) is 2. The molecular weight excluding hydrogens is 246 g/mol. The molecule has 0 radical (unpaired) electrons. The molecule has 0 aromatic carbocycles. The van der Waals surface area contributed by atoms with Gasteiger partial charge in [-0.3, -0.25) is 4.79 Å². The molecule has 0 amide bonds. The van der Waals surface area contributed by atoms with Crippen molar-refractivity contribution in [3.8, 4) is 0 Å². The van der Waals surface area contributed by atoms with Crippen LogP contribution in [0.3, 0.4) is 0 Å². The molecular formula is C14H29NO4. The lowest BCUT2D eigenvalue weighted by atomic mass is 10.1. The Labute approximate surface area is 116 Å². The molecule has 0 rings (SSSR count). The first-order valence-corrected chi connectivity index (χ1v) is 6.83. The van der Waals surface area contributed by atoms with Crippen LogP contribution in [0.25, 0.3) is 0 Å². The molecule has 0 fully saturated rings. The zero-order valence-corrected chi connectivity index (χ0v) is 12.8. The highest BCUT2D eigenvalue weighted by atomic mass is 16.4. The molecule has 0 aromatic heterocycles. The minimum atomic E-state index is -0.990. The van der Waals surface area contributed by atoms with Crippen molar-refractivity contribution in [1.29, 1.82) is 0 Å². The Morgan fingerprint density at radius 3 is 1.47 bits per heavy atom. The average molecular weight is 275 g/mol. The van der Waals surface area contributed by atoms with Crippen molar-refractivity contribution in [1.82, 2.24) is 0 Å². The number of quaternary nitrogens is 1. The van der Waals surface area contributed by atoms with Crippen molar-refractivity contribution in [2.24, 2.45) is 0 Å². The van der Waals surface area contributed by atoms with Crippen LogP contribution in [0.4, 0.5) is 0 Å². The first kappa shape index (κ1) is 20.2. The molecule has 5 heteroatoms. The van der Waals surface area contributed by atoms with Crippen LogP contribution in [-0.4, -0.2) is 49.7 Å². The molecule has 0 spiro atoms. The van der Waals surface area contributed by atoms with E-state index in [-0.39, 0.29) is 12.8 Å². The van der Waals surface area contributed by atoms with Gasteiger partial charge in [0.2, 0.25) is 0 Å². The lowest BCUT2D eigenvalue weighted by Gasteiger charge is -2.14. The van der Waals surface area contributed by atoms with E-state index in [0.29, 0.717) is 6.42 Å². The third-order valence-corrected chi connectivity index (χ3v) is 2.02. The van der Waals surface area contributed by atoms with Crippen molar-refractivity contribution >= 4 is 11.9 Å². The predicted molar refractivity (Wildman–Crippen MR) is 73.5 cm³/mol. The van der Waals surface area contributed by atoms with Crippen LogP contribution < -0.4 is 5.11 Å². The molecule has 5 nitrogen and oxygen atoms in total. The monoisotopic (exact) mass is 275 g/mol. The van der Waals surface area contributed by atoms with E-state index in [0.717, 1.165) is 36.6 Å². The van der Waals surface area contributed by atoms with Gasteiger partial charge in [0.25, 0.3) is 0 Å². The fourth-order valence-corrected chi connectivity index (χ4v) is 1.25. The number of unbranched alkanes of at least 4 members (excludes halogenated alkanes) is 5. The molecule has 19 heavy (non-hydrogen) atoms. The summed E-state index contributed by atoms with van der Waals surface area (Å²) >= 11 is 0. The van der Waals surface area contributed by atoms with Gasteiger partial charge in [-0.05, 0) is 19.3 Å². The number of carbonyl (C=O) groups is 2. The normalized spacial score (nSPS) is 10.5. The van der Waals surface area contributed by atoms with Crippen LogP contribution in [0.5, 0.6) is 0 Å². The van der Waals surface area contributed by atoms with E-state index >= 15 is 0 Å². The summed E-state index contributed by atoms with van der Waals surface area (Å²) in [4.78, 5) is 20.2. The summed E-state index contributed by atoms with van der Waals surface area (Å²) < 4.78 is 1.00. The lowest BCUT2D eigenvalue weighted by Crippen LogP contribution is -2.27. The third-order valence-electron chi connectivity index (χ3n) is 2.02. The molecule has 0 heterocycles. The summed E-state index contributed by atoms with van der Waals surface area (Å²) in [6.07, 6.45) is 5.52. The van der Waals surface area contributed by atoms with Crippen molar-refractivity contribution in [2.45, 2.75) is 51.4 Å². The highest BCUT2D eigenvalue weighted by Crippen LogP contribution is 2.08. The number of carbonyl (C=O) groups excluding carboxylic acids is 1. The fraction of sp³-hybridized carbons (Fsp3) is 0.857. The summed E-state index contributed by atoms with van der Waals surface area (Å²) in [6, 6.07) is 0. The molecule has 0 aliphatic carbocycles. The van der Waals surface area contributed by atoms with Gasteiger partial charge in [-0.25, -0.2) is 0 Å². The van der Waals surface area contributed by atoms with Crippen LogP contribution in [0, 0.1) is 0 Å². The highest BCUT2D eigenvalue weighted by molar-refractivity contribution is 5.66. The smallest absolute Gasteiger partial charge is 0.303 e. The first-order chi connectivity index (χ1) is 8.63. The Balaban J connectivity index is 0. The standard InChI is InChI=1S/C10H18O4.C4H12N/c11-9(12)7-5-3-1-2-4-6-8-10(13)14;1-5(2,3)4/h1-8H2,(H,11,12)(H,13,14);1-4H3/q;+1/p-1. The summed E-state index contributed by atoms with van der Waals surface area (Å²) in [5.74, 6) is -1.74. The lowest BCUT2D eigenvalue weighted by molar-refractivity contribution is -0.849. The summed E-state index contributed by atoms with van der Waals surface area (Å²) in [5, 5.41) is 18.4. The van der Waals surface area contributed by atoms with Gasteiger partial charge >= 0.3 is 5.97 Å². The van der Waals surface area contributed by atoms with Crippen molar-refractivity contribution in [2.75, 3.05) is 28.2 Å². The number of hydrogen-bond acceptors (Lipinski definition) is 3. The molecule has 0 bridgehead atoms. The summed E-state index contributed by atoms with van der Waals surface area (Å²) in [6.45, 7) is 0. The molecule has 0 saturated heterocycles. The van der Waals surface area contributed by atoms with E-state index in [9.17, 15) is 14.7 Å². The second-order valence-electron chi connectivity index (χ2n) is 6.07.